The standard InChI is InChI=1S/C21H30O4/c1-12(22)21(25)9-7-16-15-5-4-13-10-14(23)6-8-19(13,2)18(15)17(24)11-20(16,21)3/h10,15-18,24-25H,4-9,11H2,1-3H3/t15?,16?,17?,18?,19?,20?,21-/m0/s1. The van der Waals surface area contributed by atoms with Crippen LogP contribution in [-0.4, -0.2) is 33.5 Å². The van der Waals surface area contributed by atoms with Crippen molar-refractivity contribution in [3.05, 3.63) is 11.6 Å². The Morgan fingerprint density at radius 2 is 1.92 bits per heavy atom. The van der Waals surface area contributed by atoms with Gasteiger partial charge in [0.2, 0.25) is 0 Å². The molecule has 0 aromatic heterocycles. The van der Waals surface area contributed by atoms with Crippen LogP contribution in [-0.2, 0) is 9.59 Å². The van der Waals surface area contributed by atoms with E-state index in [2.05, 4.69) is 6.92 Å². The quantitative estimate of drug-likeness (QED) is 0.766. The van der Waals surface area contributed by atoms with Crippen molar-refractivity contribution >= 4 is 11.6 Å². The van der Waals surface area contributed by atoms with E-state index in [1.807, 2.05) is 13.0 Å². The molecule has 4 rings (SSSR count). The van der Waals surface area contributed by atoms with Crippen LogP contribution in [0.2, 0.25) is 0 Å². The van der Waals surface area contributed by atoms with Crippen LogP contribution in [0.15, 0.2) is 11.6 Å². The Hall–Kier alpha value is -1.00. The summed E-state index contributed by atoms with van der Waals surface area (Å²) in [6.07, 6.45) is 6.38. The third-order valence-corrected chi connectivity index (χ3v) is 8.63. The number of aliphatic hydroxyl groups excluding tert-OH is 1. The molecule has 0 aliphatic heterocycles. The predicted molar refractivity (Wildman–Crippen MR) is 93.7 cm³/mol. The Bertz CT molecular complexity index is 667. The summed E-state index contributed by atoms with van der Waals surface area (Å²) < 4.78 is 0. The molecule has 4 aliphatic rings. The Labute approximate surface area is 149 Å². The van der Waals surface area contributed by atoms with Gasteiger partial charge in [0, 0.05) is 11.8 Å². The van der Waals surface area contributed by atoms with Crippen LogP contribution in [0.25, 0.3) is 0 Å². The van der Waals surface area contributed by atoms with Gasteiger partial charge in [-0.2, -0.15) is 0 Å². The number of allylic oxidation sites excluding steroid dienone is 1. The highest BCUT2D eigenvalue weighted by Gasteiger charge is 2.67. The SMILES string of the molecule is CC(=O)[C@@]1(O)CCC2C3CCC4=CC(=O)CCC4(C)C3C(O)CC21C. The molecule has 25 heavy (non-hydrogen) atoms. The highest BCUT2D eigenvalue weighted by molar-refractivity contribution is 5.91. The zero-order valence-electron chi connectivity index (χ0n) is 15.5. The fourth-order valence-corrected chi connectivity index (χ4v) is 7.27. The molecule has 2 N–H and O–H groups in total. The third-order valence-electron chi connectivity index (χ3n) is 8.63. The lowest BCUT2D eigenvalue weighted by molar-refractivity contribution is -0.179. The van der Waals surface area contributed by atoms with Crippen LogP contribution in [0.4, 0.5) is 0 Å². The van der Waals surface area contributed by atoms with Gasteiger partial charge >= 0.3 is 0 Å². The van der Waals surface area contributed by atoms with Gasteiger partial charge < -0.3 is 10.2 Å². The van der Waals surface area contributed by atoms with Gasteiger partial charge in [0.05, 0.1) is 6.10 Å². The molecule has 0 bridgehead atoms. The molecular formula is C21H30O4. The summed E-state index contributed by atoms with van der Waals surface area (Å²) in [6.45, 7) is 5.73. The molecule has 138 valence electrons. The Morgan fingerprint density at radius 3 is 2.60 bits per heavy atom. The van der Waals surface area contributed by atoms with E-state index in [1.54, 1.807) is 0 Å². The van der Waals surface area contributed by atoms with Crippen LogP contribution in [0, 0.1) is 28.6 Å². The fraction of sp³-hybridized carbons (Fsp3) is 0.810. The first-order valence-corrected chi connectivity index (χ1v) is 9.79. The number of carbonyl (C=O) groups is 2. The maximum atomic E-state index is 12.2. The van der Waals surface area contributed by atoms with Crippen molar-refractivity contribution in [1.29, 1.82) is 0 Å². The van der Waals surface area contributed by atoms with Gasteiger partial charge in [0.25, 0.3) is 0 Å². The van der Waals surface area contributed by atoms with E-state index >= 15 is 0 Å². The van der Waals surface area contributed by atoms with Crippen molar-refractivity contribution in [1.82, 2.24) is 0 Å². The van der Waals surface area contributed by atoms with Crippen molar-refractivity contribution in [3.63, 3.8) is 0 Å². The molecule has 0 saturated heterocycles. The number of carbonyl (C=O) groups excluding carboxylic acids is 2. The van der Waals surface area contributed by atoms with Crippen molar-refractivity contribution in [2.24, 2.45) is 28.6 Å². The lowest BCUT2D eigenvalue weighted by Gasteiger charge is -2.60. The largest absolute Gasteiger partial charge is 0.393 e. The molecule has 4 aliphatic carbocycles. The van der Waals surface area contributed by atoms with E-state index in [-0.39, 0.29) is 28.8 Å². The van der Waals surface area contributed by atoms with E-state index < -0.39 is 17.1 Å². The molecule has 3 fully saturated rings. The van der Waals surface area contributed by atoms with Crippen LogP contribution < -0.4 is 0 Å². The molecule has 4 nitrogen and oxygen atoms in total. The van der Waals surface area contributed by atoms with Gasteiger partial charge in [0.1, 0.15) is 5.60 Å². The number of rotatable bonds is 1. The van der Waals surface area contributed by atoms with Gasteiger partial charge in [-0.1, -0.05) is 19.4 Å². The Balaban J connectivity index is 1.75. The summed E-state index contributed by atoms with van der Waals surface area (Å²) in [5, 5.41) is 22.3. The molecule has 7 atom stereocenters. The normalized spacial score (nSPS) is 52.0. The van der Waals surface area contributed by atoms with E-state index in [1.165, 1.54) is 12.5 Å². The van der Waals surface area contributed by atoms with Crippen molar-refractivity contribution in [2.75, 3.05) is 0 Å². The molecule has 0 aromatic rings. The number of fused-ring (bicyclic) bond motifs is 5. The third kappa shape index (κ3) is 2.07. The van der Waals surface area contributed by atoms with Gasteiger partial charge in [-0.15, -0.1) is 0 Å². The number of hydrogen-bond donors (Lipinski definition) is 2. The maximum absolute atomic E-state index is 12.2. The Morgan fingerprint density at radius 1 is 1.20 bits per heavy atom. The topological polar surface area (TPSA) is 74.6 Å². The molecule has 0 spiro atoms. The number of hydrogen-bond acceptors (Lipinski definition) is 4. The highest BCUT2D eigenvalue weighted by Crippen LogP contribution is 2.67. The van der Waals surface area contributed by atoms with Gasteiger partial charge in [-0.3, -0.25) is 9.59 Å². The summed E-state index contributed by atoms with van der Waals surface area (Å²) in [6, 6.07) is 0. The second-order valence-corrected chi connectivity index (χ2v) is 9.53. The van der Waals surface area contributed by atoms with Crippen molar-refractivity contribution in [3.8, 4) is 0 Å². The first kappa shape index (κ1) is 17.4. The molecule has 0 amide bonds. The number of ketones is 2. The molecule has 0 heterocycles. The highest BCUT2D eigenvalue weighted by atomic mass is 16.3. The fourth-order valence-electron chi connectivity index (χ4n) is 7.27. The summed E-state index contributed by atoms with van der Waals surface area (Å²) >= 11 is 0. The summed E-state index contributed by atoms with van der Waals surface area (Å²) in [4.78, 5) is 24.1. The van der Waals surface area contributed by atoms with E-state index in [0.29, 0.717) is 25.2 Å². The smallest absolute Gasteiger partial charge is 0.161 e. The monoisotopic (exact) mass is 346 g/mol. The molecule has 3 saturated carbocycles. The van der Waals surface area contributed by atoms with Gasteiger partial charge in [-0.05, 0) is 74.7 Å². The lowest BCUT2D eigenvalue weighted by atomic mass is 9.45. The van der Waals surface area contributed by atoms with Crippen LogP contribution in [0.1, 0.15) is 65.7 Å². The molecule has 0 aromatic carbocycles. The predicted octanol–water partition coefficient (Wildman–Crippen LogP) is 2.81. The molecule has 0 radical (unpaired) electrons. The van der Waals surface area contributed by atoms with Gasteiger partial charge in [-0.25, -0.2) is 0 Å². The second-order valence-electron chi connectivity index (χ2n) is 9.53. The average Bonchev–Trinajstić information content (AvgIpc) is 2.80. The van der Waals surface area contributed by atoms with Crippen molar-refractivity contribution < 1.29 is 19.8 Å². The van der Waals surface area contributed by atoms with Crippen LogP contribution >= 0.6 is 0 Å². The molecule has 6 unspecified atom stereocenters. The zero-order valence-corrected chi connectivity index (χ0v) is 15.5. The first-order chi connectivity index (χ1) is 11.6. The summed E-state index contributed by atoms with van der Waals surface area (Å²) in [5.41, 5.74) is -0.744. The van der Waals surface area contributed by atoms with Gasteiger partial charge in [0.15, 0.2) is 11.6 Å². The minimum Gasteiger partial charge on any atom is -0.393 e. The van der Waals surface area contributed by atoms with E-state index in [0.717, 1.165) is 25.7 Å². The molecular weight excluding hydrogens is 316 g/mol. The summed E-state index contributed by atoms with van der Waals surface area (Å²) in [5.74, 6) is 0.776. The molecule has 4 heteroatoms. The Kier molecular flexibility index (Phi) is 3.66. The van der Waals surface area contributed by atoms with Crippen LogP contribution in [0.3, 0.4) is 0 Å². The number of Topliss-reactive ketones (excluding diaryl/α,β-unsaturated/α-hetero) is 1. The van der Waals surface area contributed by atoms with E-state index in [4.69, 9.17) is 0 Å². The second kappa shape index (κ2) is 5.26. The average molecular weight is 346 g/mol. The number of aliphatic hydroxyl groups is 2. The summed E-state index contributed by atoms with van der Waals surface area (Å²) in [7, 11) is 0. The van der Waals surface area contributed by atoms with E-state index in [9.17, 15) is 19.8 Å². The van der Waals surface area contributed by atoms with Crippen LogP contribution in [0.5, 0.6) is 0 Å². The first-order valence-electron chi connectivity index (χ1n) is 9.79. The van der Waals surface area contributed by atoms with Crippen molar-refractivity contribution in [2.45, 2.75) is 77.4 Å². The minimum absolute atomic E-state index is 0.117. The lowest BCUT2D eigenvalue weighted by Crippen LogP contribution is -2.61. The maximum Gasteiger partial charge on any atom is 0.161 e. The minimum atomic E-state index is -1.30. The zero-order chi connectivity index (χ0) is 18.2.